The number of aliphatic hydroxyl groups is 1. The van der Waals surface area contributed by atoms with E-state index >= 15 is 0 Å². The fourth-order valence-corrected chi connectivity index (χ4v) is 4.97. The van der Waals surface area contributed by atoms with Gasteiger partial charge in [0.2, 0.25) is 17.7 Å². The van der Waals surface area contributed by atoms with Crippen molar-refractivity contribution < 1.29 is 33.9 Å². The number of hydrogen-bond acceptors (Lipinski definition) is 7. The molecule has 1 aromatic rings. The van der Waals surface area contributed by atoms with Crippen LogP contribution in [-0.4, -0.2) is 70.7 Å². The number of urea groups is 1. The molecule has 7 N–H and O–H groups in total. The van der Waals surface area contributed by atoms with Crippen LogP contribution in [0.3, 0.4) is 0 Å². The number of primary amides is 1. The van der Waals surface area contributed by atoms with Gasteiger partial charge in [0, 0.05) is 25.2 Å². The largest absolute Gasteiger partial charge is 0.392 e. The summed E-state index contributed by atoms with van der Waals surface area (Å²) in [5.41, 5.74) is 6.25. The molecule has 43 heavy (non-hydrogen) atoms. The molecular formula is C28H38Br2N6O7. The van der Waals surface area contributed by atoms with Gasteiger partial charge < -0.3 is 32.1 Å². The van der Waals surface area contributed by atoms with E-state index in [4.69, 9.17) is 5.73 Å². The highest BCUT2D eigenvalue weighted by Crippen LogP contribution is 2.29. The molecular weight excluding hydrogens is 692 g/mol. The van der Waals surface area contributed by atoms with Crippen LogP contribution in [0.15, 0.2) is 33.2 Å². The van der Waals surface area contributed by atoms with Crippen molar-refractivity contribution in [3.8, 4) is 0 Å². The zero-order valence-electron chi connectivity index (χ0n) is 24.1. The van der Waals surface area contributed by atoms with Gasteiger partial charge in [-0.05, 0) is 81.2 Å². The van der Waals surface area contributed by atoms with Gasteiger partial charge in [0.25, 0.3) is 11.8 Å². The Morgan fingerprint density at radius 1 is 0.907 bits per heavy atom. The Kier molecular flexibility index (Phi) is 14.8. The van der Waals surface area contributed by atoms with E-state index in [2.05, 4.69) is 53.1 Å². The summed E-state index contributed by atoms with van der Waals surface area (Å²) in [6, 6.07) is 4.00. The van der Waals surface area contributed by atoms with Crippen molar-refractivity contribution in [2.45, 2.75) is 71.1 Å². The lowest BCUT2D eigenvalue weighted by Crippen LogP contribution is -2.54. The van der Waals surface area contributed by atoms with Crippen LogP contribution < -0.4 is 27.0 Å². The number of nitrogens with zero attached hydrogens (tertiary/aromatic N) is 1. The van der Waals surface area contributed by atoms with E-state index in [1.54, 1.807) is 38.1 Å². The summed E-state index contributed by atoms with van der Waals surface area (Å²) in [5.74, 6) is -2.46. The number of imide groups is 1. The minimum absolute atomic E-state index is 0.135. The third-order valence-corrected chi connectivity index (χ3v) is 8.62. The van der Waals surface area contributed by atoms with Crippen LogP contribution in [0.5, 0.6) is 0 Å². The van der Waals surface area contributed by atoms with E-state index in [1.165, 1.54) is 0 Å². The maximum atomic E-state index is 13.2. The predicted octanol–water partition coefficient (Wildman–Crippen LogP) is 2.12. The number of aliphatic hydroxyl groups excluding tert-OH is 1. The lowest BCUT2D eigenvalue weighted by atomic mass is 10.0. The Hall–Kier alpha value is -3.30. The lowest BCUT2D eigenvalue weighted by molar-refractivity contribution is -0.137. The first-order chi connectivity index (χ1) is 20.3. The van der Waals surface area contributed by atoms with Gasteiger partial charge in [0.15, 0.2) is 0 Å². The summed E-state index contributed by atoms with van der Waals surface area (Å²) in [4.78, 5) is 75.3. The summed E-state index contributed by atoms with van der Waals surface area (Å²) in [5, 5.41) is 19.9. The number of carbonyl (C=O) groups excluding carboxylic acids is 6. The van der Waals surface area contributed by atoms with Crippen LogP contribution in [0.4, 0.5) is 10.5 Å². The molecule has 0 aromatic heterocycles. The Morgan fingerprint density at radius 2 is 1.53 bits per heavy atom. The number of anilines is 1. The van der Waals surface area contributed by atoms with Crippen LogP contribution in [0.1, 0.15) is 57.9 Å². The number of hydrogen-bond donors (Lipinski definition) is 6. The molecule has 1 aromatic carbocycles. The Balaban J connectivity index is 1.92. The topological polar surface area (TPSA) is 200 Å². The molecule has 1 aliphatic heterocycles. The number of rotatable bonds is 17. The van der Waals surface area contributed by atoms with Crippen LogP contribution >= 0.6 is 31.9 Å². The molecule has 0 bridgehead atoms. The summed E-state index contributed by atoms with van der Waals surface area (Å²) in [7, 11) is 0. The molecule has 13 nitrogen and oxygen atoms in total. The second-order valence-corrected chi connectivity index (χ2v) is 11.9. The number of nitrogens with two attached hydrogens (primary N) is 1. The highest BCUT2D eigenvalue weighted by molar-refractivity contribution is 9.14. The molecule has 0 saturated carbocycles. The van der Waals surface area contributed by atoms with Crippen molar-refractivity contribution in [3.63, 3.8) is 0 Å². The molecule has 0 aliphatic carbocycles. The second kappa shape index (κ2) is 17.7. The zero-order chi connectivity index (χ0) is 32.1. The Labute approximate surface area is 267 Å². The summed E-state index contributed by atoms with van der Waals surface area (Å²) in [6.07, 6.45) is 2.26. The molecule has 236 valence electrons. The monoisotopic (exact) mass is 728 g/mol. The number of carbonyl (C=O) groups is 6. The lowest BCUT2D eigenvalue weighted by Gasteiger charge is -2.25. The fourth-order valence-electron chi connectivity index (χ4n) is 4.20. The van der Waals surface area contributed by atoms with Crippen LogP contribution in [0.25, 0.3) is 0 Å². The Bertz CT molecular complexity index is 1200. The SMILES string of the molecule is CC(C)[C@H](NC(=O)CCCCCN1C(=O)C(Br)=C(Br)C1=O)C(=O)N[C@@H](CCCNC(N)=O)C(=O)Nc1ccc(CO)cc1. The molecule has 2 atom stereocenters. The average Bonchev–Trinajstić information content (AvgIpc) is 3.14. The first-order valence-electron chi connectivity index (χ1n) is 13.9. The third-order valence-electron chi connectivity index (χ3n) is 6.62. The van der Waals surface area contributed by atoms with Gasteiger partial charge in [-0.1, -0.05) is 32.4 Å². The van der Waals surface area contributed by atoms with Crippen molar-refractivity contribution in [3.05, 3.63) is 38.8 Å². The standard InChI is InChI=1S/C28H38Br2N6O7/c1-16(2)23(35-20(38)8-4-3-5-14-36-26(41)21(29)22(30)27(36)42)25(40)34-19(7-6-13-32-28(31)43)24(39)33-18-11-9-17(15-37)10-12-18/h9-12,16,19,23,37H,3-8,13-15H2,1-2H3,(H,33,39)(H,34,40)(H,35,38)(H3,31,32,43)/t19-,23-/m0/s1. The first-order valence-corrected chi connectivity index (χ1v) is 15.5. The zero-order valence-corrected chi connectivity index (χ0v) is 27.3. The van der Waals surface area contributed by atoms with E-state index in [1.807, 2.05) is 0 Å². The minimum atomic E-state index is -0.969. The van der Waals surface area contributed by atoms with Gasteiger partial charge in [0.1, 0.15) is 21.0 Å². The number of amides is 7. The van der Waals surface area contributed by atoms with Gasteiger partial charge >= 0.3 is 6.03 Å². The smallest absolute Gasteiger partial charge is 0.312 e. The molecule has 0 radical (unpaired) electrons. The molecule has 0 fully saturated rings. The summed E-state index contributed by atoms with van der Waals surface area (Å²) >= 11 is 6.17. The normalized spacial score (nSPS) is 14.5. The van der Waals surface area contributed by atoms with Crippen LogP contribution in [0, 0.1) is 5.92 Å². The maximum Gasteiger partial charge on any atom is 0.312 e. The van der Waals surface area contributed by atoms with Crippen molar-refractivity contribution in [1.29, 1.82) is 0 Å². The van der Waals surface area contributed by atoms with E-state index in [9.17, 15) is 33.9 Å². The van der Waals surface area contributed by atoms with Gasteiger partial charge in [-0.2, -0.15) is 0 Å². The van der Waals surface area contributed by atoms with Crippen LogP contribution in [0.2, 0.25) is 0 Å². The van der Waals surface area contributed by atoms with Crippen molar-refractivity contribution >= 4 is 73.1 Å². The van der Waals surface area contributed by atoms with E-state index in [0.717, 1.165) is 4.90 Å². The van der Waals surface area contributed by atoms with Gasteiger partial charge in [0.05, 0.1) is 6.61 Å². The number of benzene rings is 1. The molecule has 1 aliphatic rings. The maximum absolute atomic E-state index is 13.2. The van der Waals surface area contributed by atoms with E-state index in [0.29, 0.717) is 36.9 Å². The molecule has 7 amide bonds. The van der Waals surface area contributed by atoms with Gasteiger partial charge in [-0.15, -0.1) is 0 Å². The van der Waals surface area contributed by atoms with Crippen LogP contribution in [-0.2, 0) is 30.6 Å². The summed E-state index contributed by atoms with van der Waals surface area (Å²) < 4.78 is 0.377. The molecule has 1 heterocycles. The highest BCUT2D eigenvalue weighted by Gasteiger charge is 2.35. The van der Waals surface area contributed by atoms with Gasteiger partial charge in [-0.25, -0.2) is 4.79 Å². The molecule has 2 rings (SSSR count). The van der Waals surface area contributed by atoms with E-state index in [-0.39, 0.29) is 53.3 Å². The molecule has 0 spiro atoms. The molecule has 0 unspecified atom stereocenters. The highest BCUT2D eigenvalue weighted by atomic mass is 79.9. The third kappa shape index (κ3) is 11.4. The van der Waals surface area contributed by atoms with Crippen molar-refractivity contribution in [1.82, 2.24) is 20.9 Å². The van der Waals surface area contributed by atoms with Crippen molar-refractivity contribution in [2.75, 3.05) is 18.4 Å². The number of nitrogens with one attached hydrogen (secondary N) is 4. The quantitative estimate of drug-likeness (QED) is 0.104. The van der Waals surface area contributed by atoms with Crippen molar-refractivity contribution in [2.24, 2.45) is 11.7 Å². The predicted molar refractivity (Wildman–Crippen MR) is 167 cm³/mol. The Morgan fingerprint density at radius 3 is 2.09 bits per heavy atom. The molecule has 15 heteroatoms. The minimum Gasteiger partial charge on any atom is -0.392 e. The number of halogens is 2. The fraction of sp³-hybridized carbons (Fsp3) is 0.500. The number of unbranched alkanes of at least 4 members (excludes halogenated alkanes) is 2. The van der Waals surface area contributed by atoms with Gasteiger partial charge in [-0.3, -0.25) is 28.9 Å². The molecule has 0 saturated heterocycles. The van der Waals surface area contributed by atoms with E-state index < -0.39 is 41.7 Å². The summed E-state index contributed by atoms with van der Waals surface area (Å²) in [6.45, 7) is 3.83. The average molecular weight is 730 g/mol. The second-order valence-electron chi connectivity index (χ2n) is 10.3. The first kappa shape index (κ1) is 35.9.